The quantitative estimate of drug-likeness (QED) is 0.382. The van der Waals surface area contributed by atoms with Crippen LogP contribution in [0.3, 0.4) is 0 Å². The molecule has 0 fully saturated rings. The normalized spacial score (nSPS) is 13.5. The number of hydrogen-bond donors (Lipinski definition) is 3. The highest BCUT2D eigenvalue weighted by atomic mass is 32.2. The molecule has 130 valence electrons. The number of halogens is 1. The standard InChI is InChI=1S/C14H23FN4O3S/c1-10(11-5-6-13(22-3)12(15)9-11)19-14(16-2)17-7-8-18-23(4,20)21/h5-6,9-10,18H,7-8H2,1-4H3,(H2,16,17,19). The Morgan fingerprint density at radius 3 is 2.61 bits per heavy atom. The highest BCUT2D eigenvalue weighted by molar-refractivity contribution is 7.88. The summed E-state index contributed by atoms with van der Waals surface area (Å²) >= 11 is 0. The zero-order chi connectivity index (χ0) is 17.5. The van der Waals surface area contributed by atoms with Crippen molar-refractivity contribution < 1.29 is 17.5 Å². The lowest BCUT2D eigenvalue weighted by molar-refractivity contribution is 0.386. The van der Waals surface area contributed by atoms with Gasteiger partial charge in [0.2, 0.25) is 10.0 Å². The Bertz CT molecular complexity index is 649. The smallest absolute Gasteiger partial charge is 0.208 e. The van der Waals surface area contributed by atoms with Gasteiger partial charge in [-0.1, -0.05) is 6.07 Å². The van der Waals surface area contributed by atoms with Gasteiger partial charge in [-0.25, -0.2) is 17.5 Å². The van der Waals surface area contributed by atoms with E-state index in [0.717, 1.165) is 11.8 Å². The Balaban J connectivity index is 2.56. The van der Waals surface area contributed by atoms with Crippen molar-refractivity contribution in [2.45, 2.75) is 13.0 Å². The molecule has 0 aliphatic carbocycles. The maximum absolute atomic E-state index is 13.7. The van der Waals surface area contributed by atoms with E-state index in [2.05, 4.69) is 20.3 Å². The summed E-state index contributed by atoms with van der Waals surface area (Å²) in [5.74, 6) is 0.248. The van der Waals surface area contributed by atoms with E-state index in [1.807, 2.05) is 6.92 Å². The molecule has 0 aliphatic rings. The van der Waals surface area contributed by atoms with Crippen LogP contribution in [0.15, 0.2) is 23.2 Å². The lowest BCUT2D eigenvalue weighted by Crippen LogP contribution is -2.42. The van der Waals surface area contributed by atoms with Crippen LogP contribution in [0.4, 0.5) is 4.39 Å². The Labute approximate surface area is 136 Å². The van der Waals surface area contributed by atoms with Crippen molar-refractivity contribution in [3.05, 3.63) is 29.6 Å². The number of ether oxygens (including phenoxy) is 1. The van der Waals surface area contributed by atoms with Crippen molar-refractivity contribution in [1.82, 2.24) is 15.4 Å². The molecule has 9 heteroatoms. The van der Waals surface area contributed by atoms with Crippen molar-refractivity contribution in [2.75, 3.05) is 33.5 Å². The van der Waals surface area contributed by atoms with Gasteiger partial charge in [-0.05, 0) is 24.6 Å². The summed E-state index contributed by atoms with van der Waals surface area (Å²) in [6, 6.07) is 4.53. The van der Waals surface area contributed by atoms with E-state index in [4.69, 9.17) is 4.74 Å². The topological polar surface area (TPSA) is 91.8 Å². The number of benzene rings is 1. The summed E-state index contributed by atoms with van der Waals surface area (Å²) in [4.78, 5) is 4.04. The molecule has 0 amide bonds. The summed E-state index contributed by atoms with van der Waals surface area (Å²) in [5, 5.41) is 6.07. The van der Waals surface area contributed by atoms with Gasteiger partial charge in [-0.15, -0.1) is 0 Å². The van der Waals surface area contributed by atoms with Crippen LogP contribution >= 0.6 is 0 Å². The van der Waals surface area contributed by atoms with Gasteiger partial charge >= 0.3 is 0 Å². The molecule has 1 aromatic carbocycles. The number of methoxy groups -OCH3 is 1. The first-order valence-electron chi connectivity index (χ1n) is 7.02. The molecule has 0 bridgehead atoms. The van der Waals surface area contributed by atoms with Gasteiger partial charge < -0.3 is 15.4 Å². The first-order valence-corrected chi connectivity index (χ1v) is 8.91. The second kappa shape index (κ2) is 8.68. The summed E-state index contributed by atoms with van der Waals surface area (Å²) in [6.45, 7) is 2.48. The van der Waals surface area contributed by atoms with E-state index < -0.39 is 15.8 Å². The zero-order valence-corrected chi connectivity index (χ0v) is 14.5. The highest BCUT2D eigenvalue weighted by Crippen LogP contribution is 2.21. The predicted octanol–water partition coefficient (Wildman–Crippen LogP) is 0.610. The minimum atomic E-state index is -3.21. The molecule has 0 saturated carbocycles. The molecule has 1 unspecified atom stereocenters. The van der Waals surface area contributed by atoms with Gasteiger partial charge in [-0.2, -0.15) is 0 Å². The molecular formula is C14H23FN4O3S. The molecule has 3 N–H and O–H groups in total. The van der Waals surface area contributed by atoms with Crippen molar-refractivity contribution in [3.63, 3.8) is 0 Å². The molecule has 7 nitrogen and oxygen atoms in total. The van der Waals surface area contributed by atoms with Crippen LogP contribution in [0, 0.1) is 5.82 Å². The Kier molecular flexibility index (Phi) is 7.24. The number of rotatable bonds is 7. The Morgan fingerprint density at radius 1 is 1.39 bits per heavy atom. The van der Waals surface area contributed by atoms with Crippen LogP contribution in [0.1, 0.15) is 18.5 Å². The molecular weight excluding hydrogens is 323 g/mol. The maximum atomic E-state index is 13.7. The van der Waals surface area contributed by atoms with Crippen LogP contribution in [-0.2, 0) is 10.0 Å². The van der Waals surface area contributed by atoms with E-state index in [-0.39, 0.29) is 18.3 Å². The second-order valence-electron chi connectivity index (χ2n) is 4.93. The van der Waals surface area contributed by atoms with E-state index in [1.54, 1.807) is 19.2 Å². The molecule has 0 spiro atoms. The summed E-state index contributed by atoms with van der Waals surface area (Å²) < 4.78 is 42.9. The maximum Gasteiger partial charge on any atom is 0.208 e. The van der Waals surface area contributed by atoms with Gasteiger partial charge in [-0.3, -0.25) is 4.99 Å². The highest BCUT2D eigenvalue weighted by Gasteiger charge is 2.11. The van der Waals surface area contributed by atoms with Gasteiger partial charge in [0.25, 0.3) is 0 Å². The fourth-order valence-electron chi connectivity index (χ4n) is 1.85. The number of hydrogen-bond acceptors (Lipinski definition) is 4. The first-order chi connectivity index (χ1) is 10.8. The van der Waals surface area contributed by atoms with Crippen LogP contribution < -0.4 is 20.1 Å². The fourth-order valence-corrected chi connectivity index (χ4v) is 2.33. The SMILES string of the molecule is CN=C(NCCNS(C)(=O)=O)NC(C)c1ccc(OC)c(F)c1. The Hall–Kier alpha value is -1.87. The third-order valence-electron chi connectivity index (χ3n) is 3.03. The van der Waals surface area contributed by atoms with Crippen LogP contribution in [0.5, 0.6) is 5.75 Å². The predicted molar refractivity (Wildman–Crippen MR) is 88.7 cm³/mol. The van der Waals surface area contributed by atoms with E-state index in [9.17, 15) is 12.8 Å². The van der Waals surface area contributed by atoms with Crippen LogP contribution in [-0.4, -0.2) is 47.9 Å². The fraction of sp³-hybridized carbons (Fsp3) is 0.500. The summed E-state index contributed by atoms with van der Waals surface area (Å²) in [5.41, 5.74) is 0.737. The number of guanidine groups is 1. The van der Waals surface area contributed by atoms with Gasteiger partial charge in [0, 0.05) is 20.1 Å². The minimum absolute atomic E-state index is 0.190. The van der Waals surface area contributed by atoms with E-state index >= 15 is 0 Å². The average Bonchev–Trinajstić information content (AvgIpc) is 2.49. The largest absolute Gasteiger partial charge is 0.494 e. The van der Waals surface area contributed by atoms with E-state index in [0.29, 0.717) is 12.5 Å². The van der Waals surface area contributed by atoms with Crippen molar-refractivity contribution in [1.29, 1.82) is 0 Å². The Morgan fingerprint density at radius 2 is 2.09 bits per heavy atom. The number of aliphatic imine (C=N–C) groups is 1. The van der Waals surface area contributed by atoms with Crippen molar-refractivity contribution in [3.8, 4) is 5.75 Å². The van der Waals surface area contributed by atoms with Crippen molar-refractivity contribution in [2.24, 2.45) is 4.99 Å². The lowest BCUT2D eigenvalue weighted by Gasteiger charge is -2.18. The molecule has 0 saturated heterocycles. The second-order valence-corrected chi connectivity index (χ2v) is 6.76. The van der Waals surface area contributed by atoms with Crippen LogP contribution in [0.2, 0.25) is 0 Å². The molecule has 0 radical (unpaired) electrons. The zero-order valence-electron chi connectivity index (χ0n) is 13.7. The van der Waals surface area contributed by atoms with Gasteiger partial charge in [0.05, 0.1) is 19.4 Å². The number of nitrogens with one attached hydrogen (secondary N) is 3. The monoisotopic (exact) mass is 346 g/mol. The molecule has 0 aliphatic heterocycles. The molecule has 1 aromatic rings. The van der Waals surface area contributed by atoms with Gasteiger partial charge in [0.1, 0.15) is 0 Å². The molecule has 1 atom stereocenters. The van der Waals surface area contributed by atoms with Gasteiger partial charge in [0.15, 0.2) is 17.5 Å². The summed E-state index contributed by atoms with van der Waals surface area (Å²) in [7, 11) is -0.199. The molecule has 23 heavy (non-hydrogen) atoms. The molecule has 0 aromatic heterocycles. The average molecular weight is 346 g/mol. The lowest BCUT2D eigenvalue weighted by atomic mass is 10.1. The number of nitrogens with zero attached hydrogens (tertiary/aromatic N) is 1. The van der Waals surface area contributed by atoms with Crippen LogP contribution in [0.25, 0.3) is 0 Å². The summed E-state index contributed by atoms with van der Waals surface area (Å²) in [6.07, 6.45) is 1.10. The third kappa shape index (κ3) is 6.83. The molecule has 0 heterocycles. The minimum Gasteiger partial charge on any atom is -0.494 e. The molecule has 1 rings (SSSR count). The third-order valence-corrected chi connectivity index (χ3v) is 3.76. The van der Waals surface area contributed by atoms with Crippen molar-refractivity contribution >= 4 is 16.0 Å². The number of sulfonamides is 1. The first kappa shape index (κ1) is 19.2. The van der Waals surface area contributed by atoms with E-state index in [1.165, 1.54) is 13.2 Å².